The molecule has 10 nitrogen and oxygen atoms in total. The summed E-state index contributed by atoms with van der Waals surface area (Å²) in [5, 5.41) is 13.9. The molecule has 0 saturated carbocycles. The van der Waals surface area contributed by atoms with Crippen molar-refractivity contribution < 1.29 is 9.18 Å². The molecule has 41 heavy (non-hydrogen) atoms. The Kier molecular flexibility index (Phi) is 6.40. The van der Waals surface area contributed by atoms with Crippen LogP contribution in [0, 0.1) is 11.7 Å². The first-order chi connectivity index (χ1) is 20.1. The molecule has 1 amide bonds. The first-order valence-electron chi connectivity index (χ1n) is 13.5. The van der Waals surface area contributed by atoms with Gasteiger partial charge < -0.3 is 15.6 Å². The van der Waals surface area contributed by atoms with E-state index >= 15 is 0 Å². The molecule has 0 unspecified atom stereocenters. The van der Waals surface area contributed by atoms with E-state index in [2.05, 4.69) is 35.8 Å². The Morgan fingerprint density at radius 1 is 0.902 bits per heavy atom. The highest BCUT2D eigenvalue weighted by Crippen LogP contribution is 2.31. The van der Waals surface area contributed by atoms with Gasteiger partial charge in [-0.15, -0.1) is 0 Å². The summed E-state index contributed by atoms with van der Waals surface area (Å²) in [5.41, 5.74) is 7.05. The molecule has 204 valence electrons. The Bertz CT molecular complexity index is 1870. The van der Waals surface area contributed by atoms with Crippen LogP contribution >= 0.6 is 0 Å². The van der Waals surface area contributed by atoms with Gasteiger partial charge in [-0.05, 0) is 67.7 Å². The third kappa shape index (κ3) is 5.03. The number of carbonyl (C=O) groups is 1. The highest BCUT2D eigenvalue weighted by molar-refractivity contribution is 5.96. The second kappa shape index (κ2) is 10.5. The van der Waals surface area contributed by atoms with Crippen molar-refractivity contribution in [2.45, 2.75) is 19.3 Å². The lowest BCUT2D eigenvalue weighted by Gasteiger charge is -2.21. The predicted octanol–water partition coefficient (Wildman–Crippen LogP) is 5.09. The fourth-order valence-electron chi connectivity index (χ4n) is 5.32. The van der Waals surface area contributed by atoms with Crippen LogP contribution in [0.4, 0.5) is 10.1 Å². The second-order valence-electron chi connectivity index (χ2n) is 10.2. The van der Waals surface area contributed by atoms with E-state index in [0.29, 0.717) is 46.3 Å². The van der Waals surface area contributed by atoms with Crippen LogP contribution in [-0.2, 0) is 4.79 Å². The lowest BCUT2D eigenvalue weighted by Crippen LogP contribution is -2.30. The number of rotatable bonds is 6. The maximum Gasteiger partial charge on any atom is 0.224 e. The third-order valence-corrected chi connectivity index (χ3v) is 7.43. The van der Waals surface area contributed by atoms with Crippen LogP contribution in [0.15, 0.2) is 67.3 Å². The third-order valence-electron chi connectivity index (χ3n) is 7.43. The largest absolute Gasteiger partial charge is 0.335 e. The summed E-state index contributed by atoms with van der Waals surface area (Å²) in [5.74, 6) is 0.624. The van der Waals surface area contributed by atoms with E-state index in [1.54, 1.807) is 36.9 Å². The first-order valence-corrected chi connectivity index (χ1v) is 13.5. The number of amides is 1. The number of hydrogen-bond donors (Lipinski definition) is 4. The molecule has 1 aromatic carbocycles. The van der Waals surface area contributed by atoms with Crippen LogP contribution in [-0.4, -0.2) is 54.1 Å². The number of hydrogen-bond acceptors (Lipinski definition) is 7. The summed E-state index contributed by atoms with van der Waals surface area (Å²) >= 11 is 0. The zero-order valence-electron chi connectivity index (χ0n) is 22.0. The topological polar surface area (TPSA) is 137 Å². The van der Waals surface area contributed by atoms with Crippen LogP contribution in [0.5, 0.6) is 0 Å². The van der Waals surface area contributed by atoms with Gasteiger partial charge in [-0.1, -0.05) is 12.1 Å². The normalized spacial score (nSPS) is 14.1. The van der Waals surface area contributed by atoms with Gasteiger partial charge in [0, 0.05) is 29.9 Å². The Labute approximate surface area is 233 Å². The van der Waals surface area contributed by atoms with Gasteiger partial charge >= 0.3 is 0 Å². The second-order valence-corrected chi connectivity index (χ2v) is 10.2. The maximum atomic E-state index is 13.5. The smallest absolute Gasteiger partial charge is 0.224 e. The molecule has 0 aliphatic carbocycles. The molecule has 6 aromatic rings. The number of halogens is 1. The number of imidazole rings is 1. The van der Waals surface area contributed by atoms with Crippen molar-refractivity contribution in [2.75, 3.05) is 18.4 Å². The molecule has 1 saturated heterocycles. The molecule has 11 heteroatoms. The molecule has 0 bridgehead atoms. The minimum absolute atomic E-state index is 0.00392. The molecule has 4 N–H and O–H groups in total. The van der Waals surface area contributed by atoms with E-state index in [9.17, 15) is 9.18 Å². The van der Waals surface area contributed by atoms with Gasteiger partial charge in [0.05, 0.1) is 40.3 Å². The number of carbonyl (C=O) groups excluding carboxylic acids is 1. The lowest BCUT2D eigenvalue weighted by atomic mass is 9.94. The maximum absolute atomic E-state index is 13.5. The molecule has 1 fully saturated rings. The van der Waals surface area contributed by atoms with Crippen molar-refractivity contribution >= 4 is 33.7 Å². The summed E-state index contributed by atoms with van der Waals surface area (Å²) in [6.07, 6.45) is 9.30. The zero-order valence-corrected chi connectivity index (χ0v) is 22.0. The number of piperidine rings is 1. The Balaban J connectivity index is 1.19. The van der Waals surface area contributed by atoms with Crippen molar-refractivity contribution in [3.8, 4) is 33.9 Å². The molecule has 1 aliphatic rings. The molecule has 7 rings (SSSR count). The number of nitrogens with one attached hydrogen (secondary N) is 4. The number of benzene rings is 1. The first kappa shape index (κ1) is 25.0. The van der Waals surface area contributed by atoms with E-state index in [4.69, 9.17) is 9.97 Å². The highest BCUT2D eigenvalue weighted by atomic mass is 19.1. The minimum Gasteiger partial charge on any atom is -0.335 e. The summed E-state index contributed by atoms with van der Waals surface area (Å²) in [7, 11) is 0. The van der Waals surface area contributed by atoms with Crippen LogP contribution in [0.3, 0.4) is 0 Å². The van der Waals surface area contributed by atoms with E-state index < -0.39 is 0 Å². The number of aromatic nitrogens is 7. The molecule has 0 spiro atoms. The molecule has 6 heterocycles. The van der Waals surface area contributed by atoms with Gasteiger partial charge in [0.2, 0.25) is 5.91 Å². The van der Waals surface area contributed by atoms with Crippen LogP contribution in [0.1, 0.15) is 19.3 Å². The lowest BCUT2D eigenvalue weighted by molar-refractivity contribution is -0.117. The average Bonchev–Trinajstić information content (AvgIpc) is 3.62. The number of aromatic amines is 2. The van der Waals surface area contributed by atoms with E-state index in [0.717, 1.165) is 53.7 Å². The molecular formula is C30H26FN9O. The standard InChI is InChI=1S/C30H26FN9O/c31-20-3-1-18(2-4-20)22-15-34-16-25-27(22)38-30(37-25)29-28-24(39-40-29)6-5-23(36-28)19-12-21(14-33-13-19)35-26(41)11-17-7-9-32-10-8-17/h1-6,12-17,32H,7-11H2,(H,35,41)(H,37,38)(H,39,40). The molecule has 0 atom stereocenters. The summed E-state index contributed by atoms with van der Waals surface area (Å²) in [6, 6.07) is 11.9. The van der Waals surface area contributed by atoms with E-state index in [-0.39, 0.29) is 11.7 Å². The van der Waals surface area contributed by atoms with Crippen LogP contribution in [0.2, 0.25) is 0 Å². The van der Waals surface area contributed by atoms with Crippen molar-refractivity contribution in [3.05, 3.63) is 73.1 Å². The summed E-state index contributed by atoms with van der Waals surface area (Å²) < 4.78 is 13.5. The van der Waals surface area contributed by atoms with E-state index in [1.165, 1.54) is 12.1 Å². The molecule has 0 radical (unpaired) electrons. The summed E-state index contributed by atoms with van der Waals surface area (Å²) in [4.78, 5) is 34.3. The number of fused-ring (bicyclic) bond motifs is 2. The van der Waals surface area contributed by atoms with E-state index in [1.807, 2.05) is 18.2 Å². The number of H-pyrrole nitrogens is 2. The molecule has 1 aliphatic heterocycles. The van der Waals surface area contributed by atoms with Crippen LogP contribution in [0.25, 0.3) is 56.0 Å². The zero-order chi connectivity index (χ0) is 27.8. The SMILES string of the molecule is O=C(CC1CCNCC1)Nc1cncc(-c2ccc3[nH]nc(-c4nc5c(-c6ccc(F)cc6)cncc5[nH]4)c3n2)c1. The van der Waals surface area contributed by atoms with Gasteiger partial charge in [-0.2, -0.15) is 5.10 Å². The van der Waals surface area contributed by atoms with Gasteiger partial charge in [0.1, 0.15) is 11.3 Å². The Morgan fingerprint density at radius 3 is 2.59 bits per heavy atom. The average molecular weight is 548 g/mol. The number of nitrogens with zero attached hydrogens (tertiary/aromatic N) is 5. The summed E-state index contributed by atoms with van der Waals surface area (Å²) in [6.45, 7) is 1.92. The van der Waals surface area contributed by atoms with Crippen molar-refractivity contribution in [1.82, 2.24) is 40.4 Å². The van der Waals surface area contributed by atoms with Crippen molar-refractivity contribution in [1.29, 1.82) is 0 Å². The van der Waals surface area contributed by atoms with Gasteiger partial charge in [0.15, 0.2) is 11.5 Å². The quantitative estimate of drug-likeness (QED) is 0.228. The van der Waals surface area contributed by atoms with Gasteiger partial charge in [0.25, 0.3) is 0 Å². The van der Waals surface area contributed by atoms with Crippen molar-refractivity contribution in [3.63, 3.8) is 0 Å². The minimum atomic E-state index is -0.304. The monoisotopic (exact) mass is 547 g/mol. The molecule has 5 aromatic heterocycles. The molecular weight excluding hydrogens is 521 g/mol. The van der Waals surface area contributed by atoms with Gasteiger partial charge in [-0.3, -0.25) is 19.9 Å². The Morgan fingerprint density at radius 2 is 1.73 bits per heavy atom. The number of pyridine rings is 3. The fourth-order valence-corrected chi connectivity index (χ4v) is 5.32. The highest BCUT2D eigenvalue weighted by Gasteiger charge is 2.19. The fraction of sp³-hybridized carbons (Fsp3) is 0.200. The van der Waals surface area contributed by atoms with Gasteiger partial charge in [-0.25, -0.2) is 14.4 Å². The number of anilines is 1. The Hall–Kier alpha value is -5.03. The van der Waals surface area contributed by atoms with Crippen LogP contribution < -0.4 is 10.6 Å². The predicted molar refractivity (Wildman–Crippen MR) is 154 cm³/mol. The van der Waals surface area contributed by atoms with Crippen molar-refractivity contribution in [2.24, 2.45) is 5.92 Å².